The molecule has 1 atom stereocenters. The van der Waals surface area contributed by atoms with Crippen LogP contribution in [0.2, 0.25) is 0 Å². The minimum Gasteiger partial charge on any atom is -0.342 e. The molecule has 0 bridgehead atoms. The molecule has 5 nitrogen and oxygen atoms in total. The highest BCUT2D eigenvalue weighted by molar-refractivity contribution is 5.78. The number of rotatable bonds is 3. The molecule has 0 radical (unpaired) electrons. The van der Waals surface area contributed by atoms with Crippen LogP contribution >= 0.6 is 0 Å². The van der Waals surface area contributed by atoms with Crippen molar-refractivity contribution in [3.05, 3.63) is 18.0 Å². The van der Waals surface area contributed by atoms with Crippen LogP contribution in [-0.2, 0) is 11.8 Å². The van der Waals surface area contributed by atoms with Gasteiger partial charge in [-0.25, -0.2) is 0 Å². The SMILES string of the molecule is Cn1cc([C@@H]2CCCN2CC(=O)N2CCCC2)cn1. The van der Waals surface area contributed by atoms with Crippen molar-refractivity contribution in [3.63, 3.8) is 0 Å². The number of amides is 1. The van der Waals surface area contributed by atoms with Crippen molar-refractivity contribution in [2.45, 2.75) is 31.7 Å². The molecule has 0 spiro atoms. The predicted molar refractivity (Wildman–Crippen MR) is 72.6 cm³/mol. The Morgan fingerprint density at radius 2 is 2.11 bits per heavy atom. The molecule has 0 N–H and O–H groups in total. The molecule has 19 heavy (non-hydrogen) atoms. The average Bonchev–Trinajstić information content (AvgIpc) is 3.08. The van der Waals surface area contributed by atoms with Crippen LogP contribution in [0.1, 0.15) is 37.3 Å². The van der Waals surface area contributed by atoms with Gasteiger partial charge in [-0.1, -0.05) is 0 Å². The Kier molecular flexibility index (Phi) is 3.55. The van der Waals surface area contributed by atoms with Gasteiger partial charge in [-0.3, -0.25) is 14.4 Å². The maximum absolute atomic E-state index is 12.2. The predicted octanol–water partition coefficient (Wildman–Crippen LogP) is 1.18. The molecule has 2 aliphatic rings. The third-order valence-electron chi connectivity index (χ3n) is 4.27. The van der Waals surface area contributed by atoms with Crippen LogP contribution in [0, 0.1) is 0 Å². The van der Waals surface area contributed by atoms with E-state index in [0.717, 1.165) is 38.9 Å². The van der Waals surface area contributed by atoms with Crippen molar-refractivity contribution in [1.82, 2.24) is 19.6 Å². The van der Waals surface area contributed by atoms with Gasteiger partial charge in [0.1, 0.15) is 0 Å². The largest absolute Gasteiger partial charge is 0.342 e. The van der Waals surface area contributed by atoms with Crippen molar-refractivity contribution in [1.29, 1.82) is 0 Å². The van der Waals surface area contributed by atoms with Crippen molar-refractivity contribution in [2.24, 2.45) is 7.05 Å². The average molecular weight is 262 g/mol. The summed E-state index contributed by atoms with van der Waals surface area (Å²) in [7, 11) is 1.94. The molecule has 1 aromatic heterocycles. The number of aryl methyl sites for hydroxylation is 1. The fraction of sp³-hybridized carbons (Fsp3) is 0.714. The highest BCUT2D eigenvalue weighted by Crippen LogP contribution is 2.31. The van der Waals surface area contributed by atoms with E-state index >= 15 is 0 Å². The highest BCUT2D eigenvalue weighted by Gasteiger charge is 2.30. The number of hydrogen-bond donors (Lipinski definition) is 0. The standard InChI is InChI=1S/C14H22N4O/c1-16-10-12(9-15-16)13-5-4-8-18(13)11-14(19)17-6-2-3-7-17/h9-10,13H,2-8,11H2,1H3/t13-/m0/s1. The summed E-state index contributed by atoms with van der Waals surface area (Å²) in [5.41, 5.74) is 1.24. The molecule has 2 aliphatic heterocycles. The van der Waals surface area contributed by atoms with Gasteiger partial charge in [0.15, 0.2) is 0 Å². The molecule has 3 rings (SSSR count). The number of carbonyl (C=O) groups is 1. The van der Waals surface area contributed by atoms with E-state index in [1.807, 2.05) is 22.8 Å². The van der Waals surface area contributed by atoms with Crippen LogP contribution in [0.5, 0.6) is 0 Å². The summed E-state index contributed by atoms with van der Waals surface area (Å²) in [5.74, 6) is 0.299. The molecule has 0 aliphatic carbocycles. The Labute approximate surface area is 114 Å². The van der Waals surface area contributed by atoms with Gasteiger partial charge in [-0.15, -0.1) is 0 Å². The van der Waals surface area contributed by atoms with Gasteiger partial charge < -0.3 is 4.90 Å². The maximum Gasteiger partial charge on any atom is 0.236 e. The Balaban J connectivity index is 1.64. The molecule has 2 saturated heterocycles. The Bertz CT molecular complexity index is 450. The van der Waals surface area contributed by atoms with E-state index in [1.165, 1.54) is 12.0 Å². The monoisotopic (exact) mass is 262 g/mol. The van der Waals surface area contributed by atoms with Crippen LogP contribution in [0.3, 0.4) is 0 Å². The number of nitrogens with zero attached hydrogens (tertiary/aromatic N) is 4. The van der Waals surface area contributed by atoms with E-state index in [4.69, 9.17) is 0 Å². The first kappa shape index (κ1) is 12.7. The zero-order valence-corrected chi connectivity index (χ0v) is 11.6. The normalized spacial score (nSPS) is 24.3. The second-order valence-electron chi connectivity index (χ2n) is 5.66. The minimum atomic E-state index is 0.299. The summed E-state index contributed by atoms with van der Waals surface area (Å²) in [6.45, 7) is 3.49. The molecule has 5 heteroatoms. The lowest BCUT2D eigenvalue weighted by Crippen LogP contribution is -2.38. The minimum absolute atomic E-state index is 0.299. The molecular formula is C14H22N4O. The fourth-order valence-electron chi connectivity index (χ4n) is 3.25. The quantitative estimate of drug-likeness (QED) is 0.821. The number of aromatic nitrogens is 2. The van der Waals surface area contributed by atoms with Crippen LogP contribution in [0.4, 0.5) is 0 Å². The number of likely N-dealkylation sites (tertiary alicyclic amines) is 2. The molecule has 0 saturated carbocycles. The lowest BCUT2D eigenvalue weighted by atomic mass is 10.1. The zero-order valence-electron chi connectivity index (χ0n) is 11.6. The maximum atomic E-state index is 12.2. The van der Waals surface area contributed by atoms with E-state index in [1.54, 1.807) is 0 Å². The molecule has 104 valence electrons. The second-order valence-corrected chi connectivity index (χ2v) is 5.66. The molecule has 0 unspecified atom stereocenters. The van der Waals surface area contributed by atoms with Gasteiger partial charge in [0.2, 0.25) is 5.91 Å². The molecule has 1 amide bonds. The van der Waals surface area contributed by atoms with Crippen LogP contribution < -0.4 is 0 Å². The molecule has 3 heterocycles. The van der Waals surface area contributed by atoms with Crippen LogP contribution in [0.15, 0.2) is 12.4 Å². The van der Waals surface area contributed by atoms with E-state index in [9.17, 15) is 4.79 Å². The zero-order chi connectivity index (χ0) is 13.2. The van der Waals surface area contributed by atoms with Crippen molar-refractivity contribution >= 4 is 5.91 Å². The lowest BCUT2D eigenvalue weighted by molar-refractivity contribution is -0.131. The summed E-state index contributed by atoms with van der Waals surface area (Å²) >= 11 is 0. The van der Waals surface area contributed by atoms with Gasteiger partial charge in [-0.05, 0) is 32.2 Å². The Hall–Kier alpha value is -1.36. The van der Waals surface area contributed by atoms with Crippen LogP contribution in [0.25, 0.3) is 0 Å². The smallest absolute Gasteiger partial charge is 0.236 e. The highest BCUT2D eigenvalue weighted by atomic mass is 16.2. The molecular weight excluding hydrogens is 240 g/mol. The fourth-order valence-corrected chi connectivity index (χ4v) is 3.25. The first-order valence-corrected chi connectivity index (χ1v) is 7.24. The third-order valence-corrected chi connectivity index (χ3v) is 4.27. The molecule has 2 fully saturated rings. The van der Waals surface area contributed by atoms with E-state index in [-0.39, 0.29) is 0 Å². The Morgan fingerprint density at radius 3 is 2.79 bits per heavy atom. The topological polar surface area (TPSA) is 41.4 Å². The van der Waals surface area contributed by atoms with Gasteiger partial charge in [0, 0.05) is 37.9 Å². The van der Waals surface area contributed by atoms with Crippen molar-refractivity contribution in [3.8, 4) is 0 Å². The van der Waals surface area contributed by atoms with Crippen molar-refractivity contribution < 1.29 is 4.79 Å². The van der Waals surface area contributed by atoms with E-state index in [2.05, 4.69) is 16.2 Å². The lowest BCUT2D eigenvalue weighted by Gasteiger charge is -2.25. The van der Waals surface area contributed by atoms with Gasteiger partial charge in [-0.2, -0.15) is 5.10 Å². The third kappa shape index (κ3) is 2.66. The molecule has 1 aromatic rings. The first-order valence-electron chi connectivity index (χ1n) is 7.24. The number of hydrogen-bond acceptors (Lipinski definition) is 3. The summed E-state index contributed by atoms with van der Waals surface area (Å²) < 4.78 is 1.84. The summed E-state index contributed by atoms with van der Waals surface area (Å²) in [6.07, 6.45) is 8.65. The summed E-state index contributed by atoms with van der Waals surface area (Å²) in [6, 6.07) is 0.375. The van der Waals surface area contributed by atoms with Gasteiger partial charge in [0.05, 0.1) is 12.7 Å². The summed E-state index contributed by atoms with van der Waals surface area (Å²) in [5, 5.41) is 4.25. The van der Waals surface area contributed by atoms with Gasteiger partial charge >= 0.3 is 0 Å². The van der Waals surface area contributed by atoms with Crippen molar-refractivity contribution in [2.75, 3.05) is 26.2 Å². The second kappa shape index (κ2) is 5.33. The van der Waals surface area contributed by atoms with Gasteiger partial charge in [0.25, 0.3) is 0 Å². The number of carbonyl (C=O) groups excluding carboxylic acids is 1. The Morgan fingerprint density at radius 1 is 1.32 bits per heavy atom. The summed E-state index contributed by atoms with van der Waals surface area (Å²) in [4.78, 5) is 16.6. The van der Waals surface area contributed by atoms with E-state index < -0.39 is 0 Å². The molecule has 0 aromatic carbocycles. The first-order chi connectivity index (χ1) is 9.24. The van der Waals surface area contributed by atoms with E-state index in [0.29, 0.717) is 18.5 Å². The van der Waals surface area contributed by atoms with Crippen LogP contribution in [-0.4, -0.2) is 51.7 Å².